The Bertz CT molecular complexity index is 1050. The van der Waals surface area contributed by atoms with Gasteiger partial charge in [0.2, 0.25) is 0 Å². The second-order valence-electron chi connectivity index (χ2n) is 7.15. The third-order valence-electron chi connectivity index (χ3n) is 5.44. The Balaban J connectivity index is 1.43. The van der Waals surface area contributed by atoms with Crippen LogP contribution < -0.4 is 0 Å². The Kier molecular flexibility index (Phi) is 4.30. The molecule has 1 fully saturated rings. The van der Waals surface area contributed by atoms with E-state index in [1.807, 2.05) is 17.2 Å². The van der Waals surface area contributed by atoms with Gasteiger partial charge in [-0.1, -0.05) is 6.07 Å². The van der Waals surface area contributed by atoms with E-state index in [1.54, 1.807) is 11.3 Å². The molecule has 5 heterocycles. The van der Waals surface area contributed by atoms with Crippen molar-refractivity contribution in [3.8, 4) is 10.4 Å². The minimum atomic E-state index is 0.382. The second-order valence-corrected chi connectivity index (χ2v) is 8.10. The fraction of sp³-hybridized carbons (Fsp3) is 0.333. The summed E-state index contributed by atoms with van der Waals surface area (Å²) in [6, 6.07) is 9.09. The van der Waals surface area contributed by atoms with Gasteiger partial charge in [0.25, 0.3) is 0 Å². The van der Waals surface area contributed by atoms with Gasteiger partial charge in [0.1, 0.15) is 0 Å². The molecule has 5 nitrogen and oxygen atoms in total. The number of imidazole rings is 1. The highest BCUT2D eigenvalue weighted by Gasteiger charge is 2.29. The molecular weight excluding hydrogens is 354 g/mol. The van der Waals surface area contributed by atoms with E-state index in [-0.39, 0.29) is 0 Å². The Labute approximate surface area is 162 Å². The summed E-state index contributed by atoms with van der Waals surface area (Å²) < 4.78 is 4.18. The summed E-state index contributed by atoms with van der Waals surface area (Å²) >= 11 is 1.77. The number of pyridine rings is 1. The molecule has 1 aliphatic heterocycles. The summed E-state index contributed by atoms with van der Waals surface area (Å²) in [5.74, 6) is 0. The van der Waals surface area contributed by atoms with Gasteiger partial charge in [0.15, 0.2) is 0 Å². The van der Waals surface area contributed by atoms with Crippen LogP contribution in [0.4, 0.5) is 0 Å². The van der Waals surface area contributed by atoms with Crippen molar-refractivity contribution >= 4 is 16.9 Å². The standard InChI is InChI=1S/C21H23N5S/c1-2-26-13-16(11-23-26)12-24-9-3-5-18(24)21-19-8-7-17(14-25(19)15-22-21)20-6-4-10-27-20/h4,6-8,10-11,13-15,18H,2-3,5,9,12H2,1H3/t18-/m0/s1. The third-order valence-corrected chi connectivity index (χ3v) is 6.36. The average molecular weight is 378 g/mol. The molecule has 0 N–H and O–H groups in total. The van der Waals surface area contributed by atoms with Crippen LogP contribution in [-0.4, -0.2) is 30.6 Å². The van der Waals surface area contributed by atoms with Crippen molar-refractivity contribution in [1.29, 1.82) is 0 Å². The Morgan fingerprint density at radius 2 is 2.19 bits per heavy atom. The first-order chi connectivity index (χ1) is 13.3. The first-order valence-electron chi connectivity index (χ1n) is 9.57. The lowest BCUT2D eigenvalue weighted by atomic mass is 10.1. The maximum atomic E-state index is 4.82. The van der Waals surface area contributed by atoms with Crippen molar-refractivity contribution in [1.82, 2.24) is 24.1 Å². The molecule has 0 aromatic carbocycles. The number of hydrogen-bond donors (Lipinski definition) is 0. The zero-order chi connectivity index (χ0) is 18.2. The lowest BCUT2D eigenvalue weighted by molar-refractivity contribution is 0.246. The SMILES string of the molecule is CCn1cc(CN2CCC[C@H]2c2ncn3cc(-c4cccs4)ccc23)cn1. The van der Waals surface area contributed by atoms with E-state index in [0.29, 0.717) is 6.04 Å². The molecule has 4 aromatic rings. The van der Waals surface area contributed by atoms with Crippen LogP contribution in [0.3, 0.4) is 0 Å². The molecule has 0 unspecified atom stereocenters. The van der Waals surface area contributed by atoms with Crippen LogP contribution in [0.2, 0.25) is 0 Å². The molecule has 0 amide bonds. The van der Waals surface area contributed by atoms with Gasteiger partial charge in [-0.2, -0.15) is 5.10 Å². The smallest absolute Gasteiger partial charge is 0.0996 e. The van der Waals surface area contributed by atoms with E-state index in [0.717, 1.165) is 19.6 Å². The number of thiophene rings is 1. The van der Waals surface area contributed by atoms with E-state index < -0.39 is 0 Å². The summed E-state index contributed by atoms with van der Waals surface area (Å²) in [6.07, 6.45) is 10.7. The minimum absolute atomic E-state index is 0.382. The van der Waals surface area contributed by atoms with Gasteiger partial charge in [0.05, 0.1) is 29.8 Å². The van der Waals surface area contributed by atoms with Crippen molar-refractivity contribution in [2.75, 3.05) is 6.54 Å². The quantitative estimate of drug-likeness (QED) is 0.509. The first kappa shape index (κ1) is 16.7. The maximum absolute atomic E-state index is 4.82. The molecule has 0 radical (unpaired) electrons. The number of aryl methyl sites for hydroxylation is 1. The molecule has 5 rings (SSSR count). The van der Waals surface area contributed by atoms with Crippen molar-refractivity contribution in [2.24, 2.45) is 0 Å². The highest BCUT2D eigenvalue weighted by Crippen LogP contribution is 2.35. The summed E-state index contributed by atoms with van der Waals surface area (Å²) in [6.45, 7) is 5.10. The van der Waals surface area contributed by atoms with Crippen molar-refractivity contribution in [3.63, 3.8) is 0 Å². The van der Waals surface area contributed by atoms with Crippen LogP contribution in [0.15, 0.2) is 54.6 Å². The van der Waals surface area contributed by atoms with Gasteiger partial charge in [0, 0.05) is 41.5 Å². The van der Waals surface area contributed by atoms with Gasteiger partial charge >= 0.3 is 0 Å². The molecule has 138 valence electrons. The average Bonchev–Trinajstić information content (AvgIpc) is 3.47. The summed E-state index contributed by atoms with van der Waals surface area (Å²) in [4.78, 5) is 8.66. The fourth-order valence-electron chi connectivity index (χ4n) is 4.09. The van der Waals surface area contributed by atoms with E-state index in [2.05, 4.69) is 63.4 Å². The Hall–Kier alpha value is -2.44. The van der Waals surface area contributed by atoms with Crippen molar-refractivity contribution in [3.05, 3.63) is 65.8 Å². The molecule has 6 heteroatoms. The molecule has 0 spiro atoms. The molecule has 0 aliphatic carbocycles. The minimum Gasteiger partial charge on any atom is -0.305 e. The number of hydrogen-bond acceptors (Lipinski definition) is 4. The van der Waals surface area contributed by atoms with Crippen LogP contribution in [0, 0.1) is 0 Å². The van der Waals surface area contributed by atoms with E-state index >= 15 is 0 Å². The Morgan fingerprint density at radius 3 is 3.00 bits per heavy atom. The van der Waals surface area contributed by atoms with Gasteiger partial charge < -0.3 is 4.40 Å². The van der Waals surface area contributed by atoms with Gasteiger partial charge in [-0.25, -0.2) is 4.98 Å². The van der Waals surface area contributed by atoms with Crippen LogP contribution >= 0.6 is 11.3 Å². The molecule has 1 atom stereocenters. The number of likely N-dealkylation sites (tertiary alicyclic amines) is 1. The van der Waals surface area contributed by atoms with E-state index in [1.165, 1.54) is 40.1 Å². The van der Waals surface area contributed by atoms with E-state index in [9.17, 15) is 0 Å². The number of rotatable bonds is 5. The van der Waals surface area contributed by atoms with Crippen LogP contribution in [0.5, 0.6) is 0 Å². The van der Waals surface area contributed by atoms with Crippen LogP contribution in [0.1, 0.15) is 37.1 Å². The fourth-order valence-corrected chi connectivity index (χ4v) is 4.80. The number of aromatic nitrogens is 4. The highest BCUT2D eigenvalue weighted by atomic mass is 32.1. The van der Waals surface area contributed by atoms with Crippen LogP contribution in [-0.2, 0) is 13.1 Å². The predicted molar refractivity (Wildman–Crippen MR) is 109 cm³/mol. The highest BCUT2D eigenvalue weighted by molar-refractivity contribution is 7.13. The molecule has 1 saturated heterocycles. The molecular formula is C21H23N5S. The van der Waals surface area contributed by atoms with Gasteiger partial charge in [-0.15, -0.1) is 11.3 Å². The monoisotopic (exact) mass is 377 g/mol. The molecule has 1 aliphatic rings. The molecule has 4 aromatic heterocycles. The van der Waals surface area contributed by atoms with Gasteiger partial charge in [-0.3, -0.25) is 9.58 Å². The zero-order valence-electron chi connectivity index (χ0n) is 15.5. The zero-order valence-corrected chi connectivity index (χ0v) is 16.3. The summed E-state index contributed by atoms with van der Waals surface area (Å²) in [7, 11) is 0. The lowest BCUT2D eigenvalue weighted by Gasteiger charge is -2.22. The van der Waals surface area contributed by atoms with Crippen LogP contribution in [0.25, 0.3) is 16.0 Å². The number of nitrogens with zero attached hydrogens (tertiary/aromatic N) is 5. The summed E-state index contributed by atoms with van der Waals surface area (Å²) in [5.41, 5.74) is 4.95. The third kappa shape index (κ3) is 3.09. The topological polar surface area (TPSA) is 38.4 Å². The largest absolute Gasteiger partial charge is 0.305 e. The Morgan fingerprint density at radius 1 is 1.22 bits per heavy atom. The normalized spacial score (nSPS) is 17.9. The molecule has 0 saturated carbocycles. The first-order valence-corrected chi connectivity index (χ1v) is 10.5. The van der Waals surface area contributed by atoms with Crippen molar-refractivity contribution in [2.45, 2.75) is 38.9 Å². The second kappa shape index (κ2) is 6.94. The lowest BCUT2D eigenvalue weighted by Crippen LogP contribution is -2.23. The summed E-state index contributed by atoms with van der Waals surface area (Å²) in [5, 5.41) is 6.54. The molecule has 0 bridgehead atoms. The van der Waals surface area contributed by atoms with Crippen molar-refractivity contribution < 1.29 is 0 Å². The number of fused-ring (bicyclic) bond motifs is 1. The maximum Gasteiger partial charge on any atom is 0.0996 e. The van der Waals surface area contributed by atoms with E-state index in [4.69, 9.17) is 4.98 Å². The predicted octanol–water partition coefficient (Wildman–Crippen LogP) is 4.62. The van der Waals surface area contributed by atoms with Gasteiger partial charge in [-0.05, 0) is 49.9 Å². The molecule has 27 heavy (non-hydrogen) atoms.